The summed E-state index contributed by atoms with van der Waals surface area (Å²) in [6, 6.07) is 0. The third kappa shape index (κ3) is 1.37. The minimum absolute atomic E-state index is 0.330. The van der Waals surface area contributed by atoms with E-state index in [1.807, 2.05) is 0 Å². The number of hydrogen-bond acceptors (Lipinski definition) is 2. The Morgan fingerprint density at radius 3 is 2.67 bits per heavy atom. The van der Waals surface area contributed by atoms with Gasteiger partial charge in [-0.1, -0.05) is 0 Å². The average Bonchev–Trinajstić information content (AvgIpc) is 2.66. The van der Waals surface area contributed by atoms with Crippen molar-refractivity contribution in [2.75, 3.05) is 12.5 Å². The number of rotatable bonds is 3. The number of alkyl halides is 1. The molecule has 0 aromatic rings. The maximum absolute atomic E-state index is 5.53. The van der Waals surface area contributed by atoms with Crippen molar-refractivity contribution in [3.63, 3.8) is 0 Å². The van der Waals surface area contributed by atoms with Crippen LogP contribution in [-0.2, 0) is 9.47 Å². The fourth-order valence-electron chi connectivity index (χ4n) is 0.985. The van der Waals surface area contributed by atoms with Crippen molar-refractivity contribution in [2.24, 2.45) is 0 Å². The second-order valence-electron chi connectivity index (χ2n) is 2.56. The molecule has 2 rings (SSSR count). The molecule has 52 valence electrons. The zero-order chi connectivity index (χ0) is 6.27. The monoisotopic (exact) mass is 148 g/mol. The van der Waals surface area contributed by atoms with Crippen molar-refractivity contribution < 1.29 is 9.47 Å². The van der Waals surface area contributed by atoms with Crippen LogP contribution in [0.3, 0.4) is 0 Å². The van der Waals surface area contributed by atoms with E-state index in [0.717, 1.165) is 13.0 Å². The molecule has 0 radical (unpaired) electrons. The molecule has 0 saturated carbocycles. The Kier molecular flexibility index (Phi) is 1.40. The van der Waals surface area contributed by atoms with Crippen molar-refractivity contribution >= 4 is 11.6 Å². The van der Waals surface area contributed by atoms with Gasteiger partial charge in [0.15, 0.2) is 0 Å². The first-order valence-electron chi connectivity index (χ1n) is 3.23. The van der Waals surface area contributed by atoms with Gasteiger partial charge in [-0.2, -0.15) is 0 Å². The predicted molar refractivity (Wildman–Crippen MR) is 33.7 cm³/mol. The van der Waals surface area contributed by atoms with Gasteiger partial charge in [0, 0.05) is 6.42 Å². The van der Waals surface area contributed by atoms with Gasteiger partial charge in [0.1, 0.15) is 0 Å². The summed E-state index contributed by atoms with van der Waals surface area (Å²) >= 11 is 5.53. The minimum Gasteiger partial charge on any atom is -0.373 e. The lowest BCUT2D eigenvalue weighted by Crippen LogP contribution is -1.98. The minimum atomic E-state index is 0.330. The molecule has 2 heterocycles. The van der Waals surface area contributed by atoms with E-state index in [2.05, 4.69) is 0 Å². The molecule has 3 heteroatoms. The Hall–Kier alpha value is 0.210. The van der Waals surface area contributed by atoms with Crippen molar-refractivity contribution in [3.05, 3.63) is 0 Å². The van der Waals surface area contributed by atoms with E-state index in [0.29, 0.717) is 24.2 Å². The summed E-state index contributed by atoms with van der Waals surface area (Å²) in [5.74, 6) is 0.636. The summed E-state index contributed by atoms with van der Waals surface area (Å²) in [6.45, 7) is 0.925. The van der Waals surface area contributed by atoms with E-state index in [1.165, 1.54) is 0 Å². The lowest BCUT2D eigenvalue weighted by molar-refractivity contribution is 0.335. The largest absolute Gasteiger partial charge is 0.373 e. The lowest BCUT2D eigenvalue weighted by Gasteiger charge is -1.83. The Labute approximate surface area is 59.1 Å². The maximum atomic E-state index is 5.53. The summed E-state index contributed by atoms with van der Waals surface area (Å²) in [6.07, 6.45) is 2.28. The third-order valence-electron chi connectivity index (χ3n) is 1.74. The van der Waals surface area contributed by atoms with Gasteiger partial charge in [0.2, 0.25) is 0 Å². The molecule has 0 amide bonds. The first-order chi connectivity index (χ1) is 4.40. The van der Waals surface area contributed by atoms with Crippen LogP contribution in [0.2, 0.25) is 0 Å². The average molecular weight is 149 g/mol. The smallest absolute Gasteiger partial charge is 0.0977 e. The quantitative estimate of drug-likeness (QED) is 0.437. The van der Waals surface area contributed by atoms with Gasteiger partial charge >= 0.3 is 0 Å². The Bertz CT molecular complexity index is 114. The predicted octanol–water partition coefficient (Wildman–Crippen LogP) is 0.781. The standard InChI is InChI=1S/C6H9ClO2/c7-2-6-5(9-6)1-4-3-8-4/h4-6H,1-3H2. The molecule has 0 aliphatic carbocycles. The fourth-order valence-corrected chi connectivity index (χ4v) is 1.26. The van der Waals surface area contributed by atoms with E-state index in [1.54, 1.807) is 0 Å². The molecule has 2 nitrogen and oxygen atoms in total. The first-order valence-corrected chi connectivity index (χ1v) is 3.76. The van der Waals surface area contributed by atoms with Gasteiger partial charge in [0.05, 0.1) is 30.8 Å². The maximum Gasteiger partial charge on any atom is 0.0977 e. The van der Waals surface area contributed by atoms with Crippen LogP contribution in [0.15, 0.2) is 0 Å². The molecular formula is C6H9ClO2. The van der Waals surface area contributed by atoms with Crippen LogP contribution < -0.4 is 0 Å². The first kappa shape index (κ1) is 5.96. The molecule has 0 bridgehead atoms. The summed E-state index contributed by atoms with van der Waals surface area (Å²) in [4.78, 5) is 0. The molecule has 0 aromatic carbocycles. The number of halogens is 1. The van der Waals surface area contributed by atoms with Crippen LogP contribution in [0.4, 0.5) is 0 Å². The molecule has 0 spiro atoms. The number of hydrogen-bond donors (Lipinski definition) is 0. The molecule has 2 fully saturated rings. The van der Waals surface area contributed by atoms with E-state index in [-0.39, 0.29) is 0 Å². The Balaban J connectivity index is 1.65. The van der Waals surface area contributed by atoms with Gasteiger partial charge in [0.25, 0.3) is 0 Å². The highest BCUT2D eigenvalue weighted by Gasteiger charge is 2.42. The zero-order valence-corrected chi connectivity index (χ0v) is 5.80. The van der Waals surface area contributed by atoms with Crippen molar-refractivity contribution in [2.45, 2.75) is 24.7 Å². The zero-order valence-electron chi connectivity index (χ0n) is 5.05. The van der Waals surface area contributed by atoms with Crippen LogP contribution in [0.5, 0.6) is 0 Å². The SMILES string of the molecule is ClCC1OC1CC1CO1. The van der Waals surface area contributed by atoms with Gasteiger partial charge < -0.3 is 9.47 Å². The molecule has 0 N–H and O–H groups in total. The molecule has 2 aliphatic heterocycles. The van der Waals surface area contributed by atoms with Crippen molar-refractivity contribution in [1.29, 1.82) is 0 Å². The molecule has 0 aromatic heterocycles. The van der Waals surface area contributed by atoms with Gasteiger partial charge in [-0.3, -0.25) is 0 Å². The summed E-state index contributed by atoms with van der Waals surface area (Å²) in [5, 5.41) is 0. The van der Waals surface area contributed by atoms with Gasteiger partial charge in [-0.15, -0.1) is 11.6 Å². The van der Waals surface area contributed by atoms with Crippen LogP contribution in [0.1, 0.15) is 6.42 Å². The Morgan fingerprint density at radius 2 is 2.22 bits per heavy atom. The molecule has 3 unspecified atom stereocenters. The summed E-state index contributed by atoms with van der Waals surface area (Å²) < 4.78 is 10.2. The second kappa shape index (κ2) is 2.11. The molecule has 2 saturated heterocycles. The topological polar surface area (TPSA) is 25.1 Å². The lowest BCUT2D eigenvalue weighted by atomic mass is 10.2. The van der Waals surface area contributed by atoms with Crippen molar-refractivity contribution in [1.82, 2.24) is 0 Å². The summed E-state index contributed by atoms with van der Waals surface area (Å²) in [7, 11) is 0. The number of ether oxygens (including phenoxy) is 2. The highest BCUT2D eigenvalue weighted by molar-refractivity contribution is 6.18. The Morgan fingerprint density at radius 1 is 1.44 bits per heavy atom. The summed E-state index contributed by atoms with van der Waals surface area (Å²) in [5.41, 5.74) is 0. The van der Waals surface area contributed by atoms with Gasteiger partial charge in [-0.05, 0) is 0 Å². The van der Waals surface area contributed by atoms with Crippen LogP contribution in [-0.4, -0.2) is 30.8 Å². The number of epoxide rings is 2. The van der Waals surface area contributed by atoms with E-state index in [9.17, 15) is 0 Å². The third-order valence-corrected chi connectivity index (χ3v) is 2.04. The van der Waals surface area contributed by atoms with E-state index < -0.39 is 0 Å². The van der Waals surface area contributed by atoms with Gasteiger partial charge in [-0.25, -0.2) is 0 Å². The molecular weight excluding hydrogens is 140 g/mol. The van der Waals surface area contributed by atoms with Crippen LogP contribution in [0.25, 0.3) is 0 Å². The molecule has 9 heavy (non-hydrogen) atoms. The van der Waals surface area contributed by atoms with E-state index in [4.69, 9.17) is 21.1 Å². The van der Waals surface area contributed by atoms with Crippen LogP contribution >= 0.6 is 11.6 Å². The second-order valence-corrected chi connectivity index (χ2v) is 2.87. The van der Waals surface area contributed by atoms with Crippen LogP contribution in [0, 0.1) is 0 Å². The highest BCUT2D eigenvalue weighted by atomic mass is 35.5. The normalized spacial score (nSPS) is 47.0. The van der Waals surface area contributed by atoms with E-state index >= 15 is 0 Å². The molecule has 3 atom stereocenters. The fraction of sp³-hybridized carbons (Fsp3) is 1.00. The highest BCUT2D eigenvalue weighted by Crippen LogP contribution is 2.31. The molecule has 2 aliphatic rings. The van der Waals surface area contributed by atoms with Crippen molar-refractivity contribution in [3.8, 4) is 0 Å².